The minimum absolute atomic E-state index is 0.0336. The summed E-state index contributed by atoms with van der Waals surface area (Å²) < 4.78 is 23.9. The van der Waals surface area contributed by atoms with Crippen LogP contribution in [0.1, 0.15) is 22.3 Å². The zero-order valence-electron chi connectivity index (χ0n) is 12.2. The molecule has 1 aromatic carbocycles. The van der Waals surface area contributed by atoms with Crippen molar-refractivity contribution in [3.8, 4) is 0 Å². The number of hydrogen-bond donors (Lipinski definition) is 1. The second-order valence-electron chi connectivity index (χ2n) is 5.15. The van der Waals surface area contributed by atoms with E-state index in [1.54, 1.807) is 18.1 Å². The van der Waals surface area contributed by atoms with Gasteiger partial charge in [-0.1, -0.05) is 0 Å². The van der Waals surface area contributed by atoms with Crippen LogP contribution < -0.4 is 5.73 Å². The molecule has 1 aromatic rings. The summed E-state index contributed by atoms with van der Waals surface area (Å²) in [5.74, 6) is -0.483. The van der Waals surface area contributed by atoms with Crippen molar-refractivity contribution < 1.29 is 18.7 Å². The number of hydrogen-bond acceptors (Lipinski definition) is 4. The highest BCUT2D eigenvalue weighted by atomic mass is 19.1. The van der Waals surface area contributed by atoms with Gasteiger partial charge in [-0.2, -0.15) is 0 Å². The topological polar surface area (TPSA) is 64.8 Å². The zero-order chi connectivity index (χ0) is 15.2. The molecule has 1 amide bonds. The summed E-state index contributed by atoms with van der Waals surface area (Å²) in [7, 11) is 1.57. The van der Waals surface area contributed by atoms with Crippen molar-refractivity contribution in [2.24, 2.45) is 5.73 Å². The van der Waals surface area contributed by atoms with E-state index in [2.05, 4.69) is 0 Å². The number of likely N-dealkylation sites (tertiary alicyclic amines) is 1. The molecule has 0 radical (unpaired) electrons. The van der Waals surface area contributed by atoms with Gasteiger partial charge in [-0.25, -0.2) is 4.39 Å². The molecule has 5 nitrogen and oxygen atoms in total. The lowest BCUT2D eigenvalue weighted by atomic mass is 10.1. The first kappa shape index (κ1) is 15.9. The van der Waals surface area contributed by atoms with Crippen LogP contribution >= 0.6 is 0 Å². The molecule has 1 aliphatic rings. The lowest BCUT2D eigenvalue weighted by Crippen LogP contribution is -2.31. The number of halogens is 1. The van der Waals surface area contributed by atoms with Crippen LogP contribution in [0.15, 0.2) is 18.2 Å². The number of amides is 1. The van der Waals surface area contributed by atoms with Gasteiger partial charge in [0, 0.05) is 37.4 Å². The maximum absolute atomic E-state index is 13.7. The molecular weight excluding hydrogens is 275 g/mol. The molecule has 6 heteroatoms. The highest BCUT2D eigenvalue weighted by Crippen LogP contribution is 2.16. The highest BCUT2D eigenvalue weighted by molar-refractivity contribution is 5.94. The fraction of sp³-hybridized carbons (Fsp3) is 0.533. The van der Waals surface area contributed by atoms with E-state index in [1.165, 1.54) is 12.1 Å². The molecule has 21 heavy (non-hydrogen) atoms. The molecule has 0 unspecified atom stereocenters. The Morgan fingerprint density at radius 2 is 2.29 bits per heavy atom. The Morgan fingerprint density at radius 3 is 2.95 bits per heavy atom. The first-order chi connectivity index (χ1) is 10.1. The quantitative estimate of drug-likeness (QED) is 0.800. The standard InChI is InChI=1S/C15H21FN2O3/c1-20-6-7-21-10-12-8-11(2-3-14(12)16)15(19)18-5-4-13(17)9-18/h2-3,8,13H,4-7,9-10,17H2,1H3/t13-/m1/s1. The summed E-state index contributed by atoms with van der Waals surface area (Å²) in [6, 6.07) is 4.39. The number of carbonyl (C=O) groups is 1. The van der Waals surface area contributed by atoms with Crippen LogP contribution in [0.4, 0.5) is 4.39 Å². The van der Waals surface area contributed by atoms with Gasteiger partial charge in [-0.15, -0.1) is 0 Å². The number of ether oxygens (including phenoxy) is 2. The lowest BCUT2D eigenvalue weighted by Gasteiger charge is -2.16. The molecule has 1 saturated heterocycles. The van der Waals surface area contributed by atoms with Crippen molar-refractivity contribution in [1.29, 1.82) is 0 Å². The zero-order valence-corrected chi connectivity index (χ0v) is 12.2. The SMILES string of the molecule is COCCOCc1cc(C(=O)N2CC[C@@H](N)C2)ccc1F. The van der Waals surface area contributed by atoms with Crippen LogP contribution in [0.25, 0.3) is 0 Å². The van der Waals surface area contributed by atoms with Crippen molar-refractivity contribution in [3.05, 3.63) is 35.1 Å². The van der Waals surface area contributed by atoms with Crippen LogP contribution in [0, 0.1) is 5.82 Å². The Kier molecular flexibility index (Phi) is 5.67. The van der Waals surface area contributed by atoms with E-state index in [0.29, 0.717) is 37.4 Å². The highest BCUT2D eigenvalue weighted by Gasteiger charge is 2.24. The van der Waals surface area contributed by atoms with Gasteiger partial charge in [0.15, 0.2) is 0 Å². The van der Waals surface area contributed by atoms with Crippen LogP contribution in [0.3, 0.4) is 0 Å². The van der Waals surface area contributed by atoms with Crippen LogP contribution in [0.2, 0.25) is 0 Å². The summed E-state index contributed by atoms with van der Waals surface area (Å²) in [6.07, 6.45) is 0.805. The second-order valence-corrected chi connectivity index (χ2v) is 5.15. The molecule has 1 heterocycles. The minimum atomic E-state index is -0.373. The molecule has 116 valence electrons. The van der Waals surface area contributed by atoms with Gasteiger partial charge >= 0.3 is 0 Å². The first-order valence-corrected chi connectivity index (χ1v) is 7.01. The van der Waals surface area contributed by atoms with E-state index in [4.69, 9.17) is 15.2 Å². The molecule has 0 aromatic heterocycles. The number of nitrogens with two attached hydrogens (primary N) is 1. The van der Waals surface area contributed by atoms with Crippen molar-refractivity contribution in [2.45, 2.75) is 19.1 Å². The molecule has 2 rings (SSSR count). The maximum Gasteiger partial charge on any atom is 0.253 e. The van der Waals surface area contributed by atoms with Crippen molar-refractivity contribution in [3.63, 3.8) is 0 Å². The fourth-order valence-electron chi connectivity index (χ4n) is 2.30. The van der Waals surface area contributed by atoms with Crippen LogP contribution in [-0.2, 0) is 16.1 Å². The molecule has 0 bridgehead atoms. The predicted octanol–water partition coefficient (Wildman–Crippen LogP) is 1.16. The third kappa shape index (κ3) is 4.23. The largest absolute Gasteiger partial charge is 0.382 e. The van der Waals surface area contributed by atoms with Crippen LogP contribution in [-0.4, -0.2) is 50.3 Å². The number of benzene rings is 1. The van der Waals surface area contributed by atoms with Gasteiger partial charge in [0.25, 0.3) is 5.91 Å². The minimum Gasteiger partial charge on any atom is -0.382 e. The number of carbonyl (C=O) groups excluding carboxylic acids is 1. The number of methoxy groups -OCH3 is 1. The van der Waals surface area contributed by atoms with E-state index >= 15 is 0 Å². The molecule has 0 spiro atoms. The number of nitrogens with zero attached hydrogens (tertiary/aromatic N) is 1. The maximum atomic E-state index is 13.7. The van der Waals surface area contributed by atoms with Gasteiger partial charge in [0.1, 0.15) is 5.82 Å². The third-order valence-corrected chi connectivity index (χ3v) is 3.49. The Balaban J connectivity index is 2.01. The van der Waals surface area contributed by atoms with Gasteiger partial charge in [0.05, 0.1) is 19.8 Å². The average Bonchev–Trinajstić information content (AvgIpc) is 2.91. The van der Waals surface area contributed by atoms with Gasteiger partial charge in [-0.05, 0) is 24.6 Å². The van der Waals surface area contributed by atoms with Crippen LogP contribution in [0.5, 0.6) is 0 Å². The molecule has 2 N–H and O–H groups in total. The normalized spacial score (nSPS) is 18.2. The fourth-order valence-corrected chi connectivity index (χ4v) is 2.30. The predicted molar refractivity (Wildman–Crippen MR) is 76.4 cm³/mol. The van der Waals surface area contributed by atoms with E-state index in [1.807, 2.05) is 0 Å². The van der Waals surface area contributed by atoms with E-state index in [-0.39, 0.29) is 24.4 Å². The summed E-state index contributed by atoms with van der Waals surface area (Å²) in [4.78, 5) is 14.0. The lowest BCUT2D eigenvalue weighted by molar-refractivity contribution is 0.0603. The van der Waals surface area contributed by atoms with Gasteiger partial charge in [0.2, 0.25) is 0 Å². The molecule has 0 aliphatic carbocycles. The monoisotopic (exact) mass is 296 g/mol. The first-order valence-electron chi connectivity index (χ1n) is 7.01. The number of rotatable bonds is 6. The summed E-state index contributed by atoms with van der Waals surface area (Å²) in [6.45, 7) is 2.16. The van der Waals surface area contributed by atoms with E-state index < -0.39 is 0 Å². The Labute approximate surface area is 123 Å². The molecule has 1 fully saturated rings. The van der Waals surface area contributed by atoms with Gasteiger partial charge < -0.3 is 20.1 Å². The van der Waals surface area contributed by atoms with Crippen molar-refractivity contribution in [2.75, 3.05) is 33.4 Å². The summed E-state index contributed by atoms with van der Waals surface area (Å²) >= 11 is 0. The van der Waals surface area contributed by atoms with E-state index in [9.17, 15) is 9.18 Å². The smallest absolute Gasteiger partial charge is 0.253 e. The molecule has 0 saturated carbocycles. The summed E-state index contributed by atoms with van der Waals surface area (Å²) in [5.41, 5.74) is 6.65. The third-order valence-electron chi connectivity index (χ3n) is 3.49. The molecule has 1 aliphatic heterocycles. The van der Waals surface area contributed by atoms with Crippen molar-refractivity contribution >= 4 is 5.91 Å². The Hall–Kier alpha value is -1.50. The second kappa shape index (κ2) is 7.49. The van der Waals surface area contributed by atoms with Crippen molar-refractivity contribution in [1.82, 2.24) is 4.90 Å². The average molecular weight is 296 g/mol. The van der Waals surface area contributed by atoms with Gasteiger partial charge in [-0.3, -0.25) is 4.79 Å². The Morgan fingerprint density at radius 1 is 1.48 bits per heavy atom. The summed E-state index contributed by atoms with van der Waals surface area (Å²) in [5, 5.41) is 0. The molecule has 1 atom stereocenters. The molecular formula is C15H21FN2O3. The Bertz CT molecular complexity index is 496. The van der Waals surface area contributed by atoms with E-state index in [0.717, 1.165) is 6.42 Å².